The van der Waals surface area contributed by atoms with Crippen molar-refractivity contribution in [2.24, 2.45) is 23.7 Å². The third kappa shape index (κ3) is 4.36. The quantitative estimate of drug-likeness (QED) is 0.690. The van der Waals surface area contributed by atoms with E-state index in [1.165, 1.54) is 37.0 Å². The van der Waals surface area contributed by atoms with Gasteiger partial charge in [-0.15, -0.1) is 0 Å². The molecule has 1 saturated carbocycles. The molecule has 2 aliphatic carbocycles. The molecule has 5 heteroatoms. The molecular formula is C25H31NO4. The number of fused-ring (bicyclic) bond motifs is 1. The van der Waals surface area contributed by atoms with Gasteiger partial charge in [-0.05, 0) is 36.5 Å². The lowest BCUT2D eigenvalue weighted by Crippen LogP contribution is -2.36. The lowest BCUT2D eigenvalue weighted by atomic mass is 9.90. The molecule has 160 valence electrons. The Morgan fingerprint density at radius 2 is 1.73 bits per heavy atom. The minimum absolute atomic E-state index is 0.172. The van der Waals surface area contributed by atoms with Gasteiger partial charge in [0, 0.05) is 12.5 Å². The molecule has 30 heavy (non-hydrogen) atoms. The van der Waals surface area contributed by atoms with Crippen LogP contribution in [0.5, 0.6) is 5.75 Å². The van der Waals surface area contributed by atoms with Gasteiger partial charge in [-0.3, -0.25) is 14.5 Å². The highest BCUT2D eigenvalue weighted by molar-refractivity contribution is 6.07. The van der Waals surface area contributed by atoms with Crippen molar-refractivity contribution in [3.05, 3.63) is 54.1 Å². The molecule has 0 aromatic heterocycles. The van der Waals surface area contributed by atoms with Crippen LogP contribution in [0.1, 0.15) is 50.7 Å². The first kappa shape index (κ1) is 20.9. The molecule has 4 atom stereocenters. The van der Waals surface area contributed by atoms with Crippen molar-refractivity contribution in [3.8, 4) is 5.75 Å². The first-order valence-electron chi connectivity index (χ1n) is 11.2. The SMILES string of the molecule is C[C@@H](CN1C(=O)C2C=CC=CC2C1=O)[C@H](O)c1cccc(OCC2CCCCC2)c1. The van der Waals surface area contributed by atoms with Crippen LogP contribution in [0.3, 0.4) is 0 Å². The highest BCUT2D eigenvalue weighted by Crippen LogP contribution is 2.34. The summed E-state index contributed by atoms with van der Waals surface area (Å²) >= 11 is 0. The van der Waals surface area contributed by atoms with Crippen molar-refractivity contribution in [3.63, 3.8) is 0 Å². The Morgan fingerprint density at radius 1 is 1.07 bits per heavy atom. The summed E-state index contributed by atoms with van der Waals surface area (Å²) in [5.41, 5.74) is 0.750. The number of aliphatic hydroxyl groups excluding tert-OH is 1. The van der Waals surface area contributed by atoms with Crippen LogP contribution in [0.4, 0.5) is 0 Å². The minimum atomic E-state index is -0.780. The summed E-state index contributed by atoms with van der Waals surface area (Å²) in [6, 6.07) is 7.55. The molecule has 1 aromatic rings. The maximum absolute atomic E-state index is 12.7. The molecule has 2 unspecified atom stereocenters. The van der Waals surface area contributed by atoms with Gasteiger partial charge in [0.2, 0.25) is 11.8 Å². The van der Waals surface area contributed by atoms with E-state index in [2.05, 4.69) is 0 Å². The lowest BCUT2D eigenvalue weighted by Gasteiger charge is -2.25. The summed E-state index contributed by atoms with van der Waals surface area (Å²) in [4.78, 5) is 26.6. The van der Waals surface area contributed by atoms with Gasteiger partial charge >= 0.3 is 0 Å². The third-order valence-corrected chi connectivity index (χ3v) is 6.66. The molecule has 2 amide bonds. The number of ether oxygens (including phenoxy) is 1. The number of rotatable bonds is 7. The van der Waals surface area contributed by atoms with Crippen LogP contribution in [0.15, 0.2) is 48.6 Å². The fourth-order valence-electron chi connectivity index (χ4n) is 4.80. The largest absolute Gasteiger partial charge is 0.493 e. The molecule has 1 aliphatic heterocycles. The van der Waals surface area contributed by atoms with Crippen molar-refractivity contribution < 1.29 is 19.4 Å². The van der Waals surface area contributed by atoms with E-state index in [0.29, 0.717) is 5.92 Å². The number of imide groups is 1. The van der Waals surface area contributed by atoms with E-state index >= 15 is 0 Å². The van der Waals surface area contributed by atoms with Gasteiger partial charge < -0.3 is 9.84 Å². The number of aliphatic hydroxyl groups is 1. The normalized spacial score (nSPS) is 26.0. The van der Waals surface area contributed by atoms with E-state index in [0.717, 1.165) is 17.9 Å². The van der Waals surface area contributed by atoms with Crippen LogP contribution in [-0.2, 0) is 9.59 Å². The Labute approximate surface area is 178 Å². The predicted octanol–water partition coefficient (Wildman–Crippen LogP) is 4.04. The summed E-state index contributed by atoms with van der Waals surface area (Å²) in [6.45, 7) is 2.80. The molecule has 4 rings (SSSR count). The number of benzene rings is 1. The molecule has 0 radical (unpaired) electrons. The summed E-state index contributed by atoms with van der Waals surface area (Å²) in [6.07, 6.45) is 12.8. The Morgan fingerprint density at radius 3 is 2.40 bits per heavy atom. The minimum Gasteiger partial charge on any atom is -0.493 e. The number of amides is 2. The summed E-state index contributed by atoms with van der Waals surface area (Å²) < 4.78 is 6.00. The van der Waals surface area contributed by atoms with Crippen LogP contribution in [-0.4, -0.2) is 35.0 Å². The monoisotopic (exact) mass is 409 g/mol. The average molecular weight is 410 g/mol. The van der Waals surface area contributed by atoms with E-state index < -0.39 is 17.9 Å². The molecule has 5 nitrogen and oxygen atoms in total. The Balaban J connectivity index is 1.37. The van der Waals surface area contributed by atoms with Crippen molar-refractivity contribution in [2.75, 3.05) is 13.2 Å². The standard InChI is InChI=1S/C25H31NO4/c1-17(15-26-24(28)21-12-5-6-13-22(21)25(26)29)23(27)19-10-7-11-20(14-19)30-16-18-8-3-2-4-9-18/h5-7,10-14,17-18,21-23,27H,2-4,8-9,15-16H2,1H3/t17-,21?,22?,23-/m0/s1. The molecular weight excluding hydrogens is 378 g/mol. The Kier molecular flexibility index (Phi) is 6.38. The van der Waals surface area contributed by atoms with Gasteiger partial charge in [-0.2, -0.15) is 0 Å². The molecule has 0 bridgehead atoms. The molecule has 1 saturated heterocycles. The highest BCUT2D eigenvalue weighted by Gasteiger charge is 2.46. The molecule has 3 aliphatic rings. The fraction of sp³-hybridized carbons (Fsp3) is 0.520. The van der Waals surface area contributed by atoms with E-state index in [9.17, 15) is 14.7 Å². The van der Waals surface area contributed by atoms with Gasteiger partial charge in [0.15, 0.2) is 0 Å². The summed E-state index contributed by atoms with van der Waals surface area (Å²) in [7, 11) is 0. The van der Waals surface area contributed by atoms with E-state index in [-0.39, 0.29) is 24.3 Å². The highest BCUT2D eigenvalue weighted by atomic mass is 16.5. The van der Waals surface area contributed by atoms with Gasteiger partial charge in [0.1, 0.15) is 5.75 Å². The second-order valence-electron chi connectivity index (χ2n) is 8.92. The van der Waals surface area contributed by atoms with Gasteiger partial charge in [-0.1, -0.05) is 62.6 Å². The smallest absolute Gasteiger partial charge is 0.237 e. The van der Waals surface area contributed by atoms with Crippen molar-refractivity contribution in [2.45, 2.75) is 45.1 Å². The topological polar surface area (TPSA) is 66.8 Å². The van der Waals surface area contributed by atoms with E-state index in [1.807, 2.05) is 43.3 Å². The number of carbonyl (C=O) groups is 2. The number of hydrogen-bond acceptors (Lipinski definition) is 4. The molecule has 1 N–H and O–H groups in total. The number of likely N-dealkylation sites (tertiary alicyclic amines) is 1. The summed E-state index contributed by atoms with van der Waals surface area (Å²) in [5.74, 6) is -0.0428. The van der Waals surface area contributed by atoms with Crippen molar-refractivity contribution in [1.82, 2.24) is 4.90 Å². The van der Waals surface area contributed by atoms with Crippen molar-refractivity contribution >= 4 is 11.8 Å². The molecule has 0 spiro atoms. The fourth-order valence-corrected chi connectivity index (χ4v) is 4.80. The predicted molar refractivity (Wildman–Crippen MR) is 115 cm³/mol. The first-order valence-corrected chi connectivity index (χ1v) is 11.2. The summed E-state index contributed by atoms with van der Waals surface area (Å²) in [5, 5.41) is 10.9. The lowest BCUT2D eigenvalue weighted by molar-refractivity contribution is -0.140. The molecule has 1 heterocycles. The molecule has 2 fully saturated rings. The average Bonchev–Trinajstić information content (AvgIpc) is 3.03. The van der Waals surface area contributed by atoms with Gasteiger partial charge in [0.25, 0.3) is 0 Å². The van der Waals surface area contributed by atoms with E-state index in [1.54, 1.807) is 12.2 Å². The van der Waals surface area contributed by atoms with Crippen LogP contribution in [0.25, 0.3) is 0 Å². The Hall–Kier alpha value is -2.40. The van der Waals surface area contributed by atoms with E-state index in [4.69, 9.17) is 4.74 Å². The zero-order valence-corrected chi connectivity index (χ0v) is 17.6. The second-order valence-corrected chi connectivity index (χ2v) is 8.92. The Bertz CT molecular complexity index is 809. The number of nitrogens with zero attached hydrogens (tertiary/aromatic N) is 1. The number of carbonyl (C=O) groups excluding carboxylic acids is 2. The maximum Gasteiger partial charge on any atom is 0.237 e. The van der Waals surface area contributed by atoms with Gasteiger partial charge in [-0.25, -0.2) is 0 Å². The van der Waals surface area contributed by atoms with Crippen LogP contribution in [0, 0.1) is 23.7 Å². The number of allylic oxidation sites excluding steroid dienone is 2. The van der Waals surface area contributed by atoms with Crippen LogP contribution >= 0.6 is 0 Å². The maximum atomic E-state index is 12.7. The van der Waals surface area contributed by atoms with Crippen LogP contribution in [0.2, 0.25) is 0 Å². The van der Waals surface area contributed by atoms with Crippen molar-refractivity contribution in [1.29, 1.82) is 0 Å². The zero-order valence-electron chi connectivity index (χ0n) is 17.6. The molecule has 1 aromatic carbocycles. The second kappa shape index (κ2) is 9.17. The van der Waals surface area contributed by atoms with Crippen LogP contribution < -0.4 is 4.74 Å². The number of hydrogen-bond donors (Lipinski definition) is 1. The third-order valence-electron chi connectivity index (χ3n) is 6.66. The zero-order chi connectivity index (χ0) is 21.1. The van der Waals surface area contributed by atoms with Gasteiger partial charge in [0.05, 0.1) is 24.5 Å². The first-order chi connectivity index (χ1) is 14.5.